The normalized spacial score (nSPS) is 9.83. The monoisotopic (exact) mass is 172 g/mol. The number of nitrogens with one attached hydrogen (secondary N) is 2. The van der Waals surface area contributed by atoms with Crippen molar-refractivity contribution in [1.29, 1.82) is 0 Å². The van der Waals surface area contributed by atoms with Gasteiger partial charge in [-0.05, 0) is 12.8 Å². The maximum Gasteiger partial charge on any atom is 0.234 e. The zero-order valence-corrected chi connectivity index (χ0v) is 8.15. The van der Waals surface area contributed by atoms with Crippen molar-refractivity contribution in [3.05, 3.63) is 0 Å². The third-order valence-electron chi connectivity index (χ3n) is 1.64. The van der Waals surface area contributed by atoms with Gasteiger partial charge in [-0.25, -0.2) is 5.43 Å². The quantitative estimate of drug-likeness (QED) is 0.452. The predicted octanol–water partition coefficient (Wildman–Crippen LogP) is 1.60. The van der Waals surface area contributed by atoms with E-state index >= 15 is 0 Å². The molecule has 0 aliphatic heterocycles. The molecular formula is C9H20N2O. The molecule has 0 saturated carbocycles. The van der Waals surface area contributed by atoms with Gasteiger partial charge in [-0.1, -0.05) is 26.7 Å². The summed E-state index contributed by atoms with van der Waals surface area (Å²) >= 11 is 0. The number of hydrogen-bond acceptors (Lipinski definition) is 2. The smallest absolute Gasteiger partial charge is 0.234 e. The summed E-state index contributed by atoms with van der Waals surface area (Å²) in [6.07, 6.45) is 4.94. The SMILES string of the molecule is CCCCNNC(=O)CCCC. The second-order valence-electron chi connectivity index (χ2n) is 2.93. The van der Waals surface area contributed by atoms with Crippen LogP contribution in [0.25, 0.3) is 0 Å². The van der Waals surface area contributed by atoms with Crippen LogP contribution in [0.5, 0.6) is 0 Å². The van der Waals surface area contributed by atoms with E-state index in [9.17, 15) is 4.79 Å². The van der Waals surface area contributed by atoms with E-state index in [1.807, 2.05) is 0 Å². The summed E-state index contributed by atoms with van der Waals surface area (Å²) in [6, 6.07) is 0. The Bertz CT molecular complexity index is 115. The zero-order valence-electron chi connectivity index (χ0n) is 8.15. The molecule has 2 N–H and O–H groups in total. The van der Waals surface area contributed by atoms with Crippen LogP contribution >= 0.6 is 0 Å². The summed E-state index contributed by atoms with van der Waals surface area (Å²) < 4.78 is 0. The molecule has 0 aromatic rings. The second kappa shape index (κ2) is 8.53. The van der Waals surface area contributed by atoms with Gasteiger partial charge in [0.15, 0.2) is 0 Å². The predicted molar refractivity (Wildman–Crippen MR) is 50.6 cm³/mol. The van der Waals surface area contributed by atoms with Crippen LogP contribution in [0.15, 0.2) is 0 Å². The van der Waals surface area contributed by atoms with Gasteiger partial charge in [-0.3, -0.25) is 10.2 Å². The van der Waals surface area contributed by atoms with E-state index in [4.69, 9.17) is 0 Å². The van der Waals surface area contributed by atoms with Crippen molar-refractivity contribution in [1.82, 2.24) is 10.9 Å². The Morgan fingerprint density at radius 1 is 1.17 bits per heavy atom. The molecule has 0 aliphatic carbocycles. The van der Waals surface area contributed by atoms with Crippen molar-refractivity contribution >= 4 is 5.91 Å². The second-order valence-corrected chi connectivity index (χ2v) is 2.93. The minimum atomic E-state index is 0.105. The summed E-state index contributed by atoms with van der Waals surface area (Å²) in [7, 11) is 0. The largest absolute Gasteiger partial charge is 0.292 e. The van der Waals surface area contributed by atoms with Crippen LogP contribution in [-0.2, 0) is 4.79 Å². The molecule has 12 heavy (non-hydrogen) atoms. The number of rotatable bonds is 7. The van der Waals surface area contributed by atoms with E-state index in [2.05, 4.69) is 24.7 Å². The average Bonchev–Trinajstić information content (AvgIpc) is 2.09. The van der Waals surface area contributed by atoms with E-state index in [1.165, 1.54) is 0 Å². The average molecular weight is 172 g/mol. The molecule has 0 saturated heterocycles. The zero-order chi connectivity index (χ0) is 9.23. The van der Waals surface area contributed by atoms with Crippen molar-refractivity contribution in [3.63, 3.8) is 0 Å². The fourth-order valence-electron chi connectivity index (χ4n) is 0.826. The molecule has 72 valence electrons. The molecule has 0 heterocycles. The lowest BCUT2D eigenvalue weighted by molar-refractivity contribution is -0.122. The van der Waals surface area contributed by atoms with E-state index < -0.39 is 0 Å². The molecule has 0 radical (unpaired) electrons. The van der Waals surface area contributed by atoms with Crippen molar-refractivity contribution in [2.75, 3.05) is 6.54 Å². The van der Waals surface area contributed by atoms with Gasteiger partial charge in [0.25, 0.3) is 0 Å². The van der Waals surface area contributed by atoms with Crippen LogP contribution in [0.4, 0.5) is 0 Å². The molecule has 3 nitrogen and oxygen atoms in total. The number of hydrogen-bond donors (Lipinski definition) is 2. The fraction of sp³-hybridized carbons (Fsp3) is 0.889. The summed E-state index contributed by atoms with van der Waals surface area (Å²) in [5.74, 6) is 0.105. The first kappa shape index (κ1) is 11.4. The lowest BCUT2D eigenvalue weighted by atomic mass is 10.2. The molecule has 0 fully saturated rings. The number of hydrazine groups is 1. The maximum absolute atomic E-state index is 11.0. The van der Waals surface area contributed by atoms with Crippen molar-refractivity contribution < 1.29 is 4.79 Å². The van der Waals surface area contributed by atoms with E-state index in [1.54, 1.807) is 0 Å². The lowest BCUT2D eigenvalue weighted by Gasteiger charge is -2.05. The molecule has 0 atom stereocenters. The molecule has 0 spiro atoms. The highest BCUT2D eigenvalue weighted by Crippen LogP contribution is 1.91. The van der Waals surface area contributed by atoms with Crippen LogP contribution in [0.3, 0.4) is 0 Å². The standard InChI is InChI=1S/C9H20N2O/c1-3-5-7-9(12)11-10-8-6-4-2/h10H,3-8H2,1-2H3,(H,11,12). The fourth-order valence-corrected chi connectivity index (χ4v) is 0.826. The molecule has 0 aliphatic rings. The van der Waals surface area contributed by atoms with Gasteiger partial charge in [-0.2, -0.15) is 0 Å². The summed E-state index contributed by atoms with van der Waals surface area (Å²) in [4.78, 5) is 11.0. The summed E-state index contributed by atoms with van der Waals surface area (Å²) in [5.41, 5.74) is 5.56. The highest BCUT2D eigenvalue weighted by Gasteiger charge is 1.97. The Labute approximate surface area is 74.9 Å². The molecule has 0 aromatic carbocycles. The first-order chi connectivity index (χ1) is 5.81. The van der Waals surface area contributed by atoms with Crippen LogP contribution in [0, 0.1) is 0 Å². The van der Waals surface area contributed by atoms with Crippen molar-refractivity contribution in [2.45, 2.75) is 46.0 Å². The minimum Gasteiger partial charge on any atom is -0.292 e. The van der Waals surface area contributed by atoms with E-state index in [0.29, 0.717) is 6.42 Å². The Kier molecular flexibility index (Phi) is 8.12. The third kappa shape index (κ3) is 7.54. The number of amides is 1. The van der Waals surface area contributed by atoms with E-state index in [-0.39, 0.29) is 5.91 Å². The highest BCUT2D eigenvalue weighted by atomic mass is 16.2. The molecule has 0 rings (SSSR count). The molecule has 3 heteroatoms. The molecule has 0 unspecified atom stereocenters. The highest BCUT2D eigenvalue weighted by molar-refractivity contribution is 5.75. The van der Waals surface area contributed by atoms with Crippen LogP contribution in [0.1, 0.15) is 46.0 Å². The number of carbonyl (C=O) groups excluding carboxylic acids is 1. The van der Waals surface area contributed by atoms with Gasteiger partial charge in [0.1, 0.15) is 0 Å². The Morgan fingerprint density at radius 3 is 2.42 bits per heavy atom. The van der Waals surface area contributed by atoms with Crippen LogP contribution in [0.2, 0.25) is 0 Å². The van der Waals surface area contributed by atoms with E-state index in [0.717, 1.165) is 32.2 Å². The number of carbonyl (C=O) groups is 1. The first-order valence-electron chi connectivity index (χ1n) is 4.83. The van der Waals surface area contributed by atoms with Gasteiger partial charge >= 0.3 is 0 Å². The number of unbranched alkanes of at least 4 members (excludes halogenated alkanes) is 2. The van der Waals surface area contributed by atoms with Crippen molar-refractivity contribution in [2.24, 2.45) is 0 Å². The summed E-state index contributed by atoms with van der Waals surface area (Å²) in [5, 5.41) is 0. The van der Waals surface area contributed by atoms with Gasteiger partial charge in [0, 0.05) is 13.0 Å². The van der Waals surface area contributed by atoms with Crippen LogP contribution < -0.4 is 10.9 Å². The summed E-state index contributed by atoms with van der Waals surface area (Å²) in [6.45, 7) is 5.08. The molecule has 0 aromatic heterocycles. The Balaban J connectivity index is 3.08. The first-order valence-corrected chi connectivity index (χ1v) is 4.83. The van der Waals surface area contributed by atoms with Crippen molar-refractivity contribution in [3.8, 4) is 0 Å². The minimum absolute atomic E-state index is 0.105. The molecule has 0 bridgehead atoms. The molecular weight excluding hydrogens is 152 g/mol. The topological polar surface area (TPSA) is 41.1 Å². The van der Waals surface area contributed by atoms with Gasteiger partial charge in [0.05, 0.1) is 0 Å². The maximum atomic E-state index is 11.0. The van der Waals surface area contributed by atoms with Gasteiger partial charge in [-0.15, -0.1) is 0 Å². The Hall–Kier alpha value is -0.570. The van der Waals surface area contributed by atoms with Gasteiger partial charge < -0.3 is 0 Å². The Morgan fingerprint density at radius 2 is 1.83 bits per heavy atom. The third-order valence-corrected chi connectivity index (χ3v) is 1.64. The van der Waals surface area contributed by atoms with Crippen LogP contribution in [-0.4, -0.2) is 12.5 Å². The van der Waals surface area contributed by atoms with Gasteiger partial charge in [0.2, 0.25) is 5.91 Å². The lowest BCUT2D eigenvalue weighted by Crippen LogP contribution is -2.37. The molecule has 1 amide bonds.